The van der Waals surface area contributed by atoms with Crippen LogP contribution in [0.15, 0.2) is 22.5 Å². The summed E-state index contributed by atoms with van der Waals surface area (Å²) in [6, 6.07) is 4.68. The Morgan fingerprint density at radius 3 is 2.71 bits per heavy atom. The average Bonchev–Trinajstić information content (AvgIpc) is 3.44. The molecule has 0 radical (unpaired) electrons. The van der Waals surface area contributed by atoms with Gasteiger partial charge in [-0.3, -0.25) is 9.69 Å². The Morgan fingerprint density at radius 2 is 2.10 bits per heavy atom. The van der Waals surface area contributed by atoms with Crippen molar-refractivity contribution in [2.75, 3.05) is 60.0 Å². The molecule has 2 unspecified atom stereocenters. The number of carbonyl (C=O) groups excluding carboxylic acids is 1. The molecule has 0 aromatic carbocycles. The van der Waals surface area contributed by atoms with Crippen LogP contribution in [0.4, 0.5) is 0 Å². The molecule has 1 aromatic heterocycles. The Hall–Kier alpha value is -0.910. The van der Waals surface area contributed by atoms with E-state index < -0.39 is 0 Å². The SMILES string of the molecule is CC1CCN(C(CNC(=NCC(=O)N(C)C)NCC2CCOC2)c2cccs2)CC1.I. The Bertz CT molecular complexity index is 671. The molecule has 2 aliphatic heterocycles. The van der Waals surface area contributed by atoms with Crippen molar-refractivity contribution in [3.05, 3.63) is 22.4 Å². The Balaban J connectivity index is 0.00000341. The van der Waals surface area contributed by atoms with Crippen molar-refractivity contribution in [1.82, 2.24) is 20.4 Å². The van der Waals surface area contributed by atoms with Crippen molar-refractivity contribution in [2.45, 2.75) is 32.2 Å². The van der Waals surface area contributed by atoms with E-state index in [0.29, 0.717) is 17.9 Å². The normalized spacial score (nSPS) is 21.4. The third-order valence-corrected chi connectivity index (χ3v) is 7.02. The lowest BCUT2D eigenvalue weighted by molar-refractivity contribution is -0.127. The van der Waals surface area contributed by atoms with Crippen molar-refractivity contribution >= 4 is 47.2 Å². The fourth-order valence-electron chi connectivity index (χ4n) is 3.87. The minimum absolute atomic E-state index is 0. The quantitative estimate of drug-likeness (QED) is 0.289. The molecular formula is C22H38IN5O2S. The number of thiophene rings is 1. The van der Waals surface area contributed by atoms with E-state index in [1.54, 1.807) is 19.0 Å². The lowest BCUT2D eigenvalue weighted by atomic mass is 9.97. The summed E-state index contributed by atoms with van der Waals surface area (Å²) in [5.74, 6) is 2.02. The average molecular weight is 564 g/mol. The van der Waals surface area contributed by atoms with Crippen LogP contribution in [-0.2, 0) is 9.53 Å². The van der Waals surface area contributed by atoms with Crippen LogP contribution in [0.3, 0.4) is 0 Å². The maximum absolute atomic E-state index is 12.0. The lowest BCUT2D eigenvalue weighted by Gasteiger charge is -2.36. The van der Waals surface area contributed by atoms with Gasteiger partial charge in [-0.2, -0.15) is 0 Å². The first kappa shape index (κ1) is 26.3. The third-order valence-electron chi connectivity index (χ3n) is 6.05. The van der Waals surface area contributed by atoms with Crippen LogP contribution in [0.25, 0.3) is 0 Å². The van der Waals surface area contributed by atoms with E-state index in [9.17, 15) is 4.79 Å². The van der Waals surface area contributed by atoms with Crippen LogP contribution in [0.2, 0.25) is 0 Å². The highest BCUT2D eigenvalue weighted by molar-refractivity contribution is 14.0. The molecule has 9 heteroatoms. The third kappa shape index (κ3) is 8.51. The van der Waals surface area contributed by atoms with Gasteiger partial charge >= 0.3 is 0 Å². The summed E-state index contributed by atoms with van der Waals surface area (Å²) < 4.78 is 5.49. The number of carbonyl (C=O) groups is 1. The van der Waals surface area contributed by atoms with Crippen LogP contribution in [0.1, 0.15) is 37.1 Å². The molecule has 0 saturated carbocycles. The second-order valence-corrected chi connectivity index (χ2v) is 9.67. The number of aliphatic imine (C=N–C) groups is 1. The monoisotopic (exact) mass is 563 g/mol. The van der Waals surface area contributed by atoms with E-state index in [1.165, 1.54) is 17.7 Å². The standard InChI is InChI=1S/C22H37N5O2S.HI/c1-17-6-9-27(10-7-17)19(20-5-4-12-30-20)14-24-22(25-15-21(28)26(2)3)23-13-18-8-11-29-16-18;/h4-5,12,17-19H,6-11,13-16H2,1-3H3,(H2,23,24,25);1H. The van der Waals surface area contributed by atoms with Crippen LogP contribution in [0, 0.1) is 11.8 Å². The number of ether oxygens (including phenoxy) is 1. The molecule has 0 spiro atoms. The molecule has 2 saturated heterocycles. The molecular weight excluding hydrogens is 525 g/mol. The molecule has 2 atom stereocenters. The largest absolute Gasteiger partial charge is 0.381 e. The fraction of sp³-hybridized carbons (Fsp3) is 0.727. The lowest BCUT2D eigenvalue weighted by Crippen LogP contribution is -2.46. The van der Waals surface area contributed by atoms with Gasteiger partial charge < -0.3 is 20.3 Å². The molecule has 0 bridgehead atoms. The number of likely N-dealkylation sites (N-methyl/N-ethyl adjacent to an activating group) is 1. The van der Waals surface area contributed by atoms with E-state index in [4.69, 9.17) is 4.74 Å². The number of nitrogens with zero attached hydrogens (tertiary/aromatic N) is 3. The van der Waals surface area contributed by atoms with Crippen molar-refractivity contribution in [3.8, 4) is 0 Å². The van der Waals surface area contributed by atoms with Gasteiger partial charge in [-0.25, -0.2) is 4.99 Å². The summed E-state index contributed by atoms with van der Waals surface area (Å²) in [7, 11) is 3.52. The molecule has 176 valence electrons. The van der Waals surface area contributed by atoms with Gasteiger partial charge in [0.25, 0.3) is 0 Å². The van der Waals surface area contributed by atoms with Gasteiger partial charge in [0.1, 0.15) is 6.54 Å². The molecule has 7 nitrogen and oxygen atoms in total. The molecule has 2 aliphatic rings. The number of hydrogen-bond donors (Lipinski definition) is 2. The minimum Gasteiger partial charge on any atom is -0.381 e. The summed E-state index contributed by atoms with van der Waals surface area (Å²) >= 11 is 1.81. The predicted molar refractivity (Wildman–Crippen MR) is 138 cm³/mol. The van der Waals surface area contributed by atoms with Gasteiger partial charge in [0, 0.05) is 44.6 Å². The zero-order valence-corrected chi connectivity index (χ0v) is 22.2. The fourth-order valence-corrected chi connectivity index (χ4v) is 4.73. The van der Waals surface area contributed by atoms with E-state index in [0.717, 1.165) is 51.7 Å². The highest BCUT2D eigenvalue weighted by Crippen LogP contribution is 2.29. The number of likely N-dealkylation sites (tertiary alicyclic amines) is 1. The van der Waals surface area contributed by atoms with E-state index in [2.05, 4.69) is 45.0 Å². The van der Waals surface area contributed by atoms with E-state index in [1.807, 2.05) is 11.3 Å². The summed E-state index contributed by atoms with van der Waals surface area (Å²) in [6.45, 7) is 7.96. The number of piperidine rings is 1. The Morgan fingerprint density at radius 1 is 1.32 bits per heavy atom. The second-order valence-electron chi connectivity index (χ2n) is 8.69. The van der Waals surface area contributed by atoms with Crippen LogP contribution in [-0.4, -0.2) is 81.7 Å². The summed E-state index contributed by atoms with van der Waals surface area (Å²) in [5, 5.41) is 9.12. The van der Waals surface area contributed by atoms with E-state index in [-0.39, 0.29) is 36.4 Å². The topological polar surface area (TPSA) is 69.2 Å². The zero-order chi connectivity index (χ0) is 21.3. The summed E-state index contributed by atoms with van der Waals surface area (Å²) in [4.78, 5) is 22.2. The van der Waals surface area contributed by atoms with Gasteiger partial charge in [0.05, 0.1) is 12.6 Å². The van der Waals surface area contributed by atoms with Crippen LogP contribution in [0.5, 0.6) is 0 Å². The molecule has 1 aromatic rings. The number of nitrogens with one attached hydrogen (secondary N) is 2. The molecule has 3 heterocycles. The van der Waals surface area contributed by atoms with Gasteiger partial charge in [-0.05, 0) is 49.7 Å². The Kier molecular flexibility index (Phi) is 11.6. The number of rotatable bonds is 8. The number of hydrogen-bond acceptors (Lipinski definition) is 5. The molecule has 2 fully saturated rings. The maximum atomic E-state index is 12.0. The van der Waals surface area contributed by atoms with Crippen molar-refractivity contribution in [2.24, 2.45) is 16.8 Å². The predicted octanol–water partition coefficient (Wildman–Crippen LogP) is 2.80. The van der Waals surface area contributed by atoms with Crippen LogP contribution < -0.4 is 10.6 Å². The Labute approximate surface area is 208 Å². The molecule has 1 amide bonds. The van der Waals surface area contributed by atoms with Crippen molar-refractivity contribution in [1.29, 1.82) is 0 Å². The maximum Gasteiger partial charge on any atom is 0.243 e. The molecule has 0 aliphatic carbocycles. The number of amides is 1. The zero-order valence-electron chi connectivity index (χ0n) is 19.0. The minimum atomic E-state index is 0. The highest BCUT2D eigenvalue weighted by Gasteiger charge is 2.26. The van der Waals surface area contributed by atoms with Gasteiger partial charge in [-0.1, -0.05) is 13.0 Å². The first-order valence-corrected chi connectivity index (χ1v) is 12.0. The van der Waals surface area contributed by atoms with Crippen molar-refractivity contribution in [3.63, 3.8) is 0 Å². The second kappa shape index (κ2) is 13.6. The first-order chi connectivity index (χ1) is 14.5. The molecule has 3 rings (SSSR count). The van der Waals surface area contributed by atoms with Crippen molar-refractivity contribution < 1.29 is 9.53 Å². The van der Waals surface area contributed by atoms with Gasteiger partial charge in [0.15, 0.2) is 5.96 Å². The first-order valence-electron chi connectivity index (χ1n) is 11.1. The molecule has 2 N–H and O–H groups in total. The number of guanidine groups is 1. The van der Waals surface area contributed by atoms with Crippen LogP contribution >= 0.6 is 35.3 Å². The highest BCUT2D eigenvalue weighted by atomic mass is 127. The van der Waals surface area contributed by atoms with Gasteiger partial charge in [0.2, 0.25) is 5.91 Å². The summed E-state index contributed by atoms with van der Waals surface area (Å²) in [5.41, 5.74) is 0. The smallest absolute Gasteiger partial charge is 0.243 e. The van der Waals surface area contributed by atoms with Gasteiger partial charge in [-0.15, -0.1) is 35.3 Å². The number of halogens is 1. The van der Waals surface area contributed by atoms with E-state index >= 15 is 0 Å². The summed E-state index contributed by atoms with van der Waals surface area (Å²) in [6.07, 6.45) is 3.57. The molecule has 31 heavy (non-hydrogen) atoms.